The number of hydrogen-bond acceptors (Lipinski definition) is 4. The first-order valence-electron chi connectivity index (χ1n) is 6.60. The largest absolute Gasteiger partial charge is 0.399 e. The van der Waals surface area contributed by atoms with E-state index in [4.69, 9.17) is 15.2 Å². The van der Waals surface area contributed by atoms with E-state index in [0.717, 1.165) is 49.2 Å². The Bertz CT molecular complexity index is 463. The Labute approximate surface area is 126 Å². The number of anilines is 1. The van der Waals surface area contributed by atoms with Crippen LogP contribution in [-0.4, -0.2) is 30.7 Å². The molecule has 1 spiro atoms. The van der Waals surface area contributed by atoms with Crippen molar-refractivity contribution in [2.75, 3.05) is 25.6 Å². The lowest BCUT2D eigenvalue weighted by molar-refractivity contribution is -0.0769. The third-order valence-electron chi connectivity index (χ3n) is 3.76. The Morgan fingerprint density at radius 1 is 1.37 bits per heavy atom. The summed E-state index contributed by atoms with van der Waals surface area (Å²) in [4.78, 5) is 1.26. The lowest BCUT2D eigenvalue weighted by Gasteiger charge is -2.36. The van der Waals surface area contributed by atoms with E-state index in [0.29, 0.717) is 5.25 Å². The molecule has 3 rings (SSSR count). The predicted octanol–water partition coefficient (Wildman–Crippen LogP) is 3.46. The molecule has 0 amide bonds. The van der Waals surface area contributed by atoms with Crippen LogP contribution in [0.25, 0.3) is 0 Å². The fraction of sp³-hybridized carbons (Fsp3) is 0.571. The van der Waals surface area contributed by atoms with Crippen LogP contribution in [0.4, 0.5) is 5.69 Å². The number of nitrogens with two attached hydrogens (primary N) is 1. The molecule has 2 aliphatic heterocycles. The first-order valence-corrected chi connectivity index (χ1v) is 8.28. The third-order valence-corrected chi connectivity index (χ3v) is 6.03. The molecule has 0 bridgehead atoms. The van der Waals surface area contributed by atoms with Crippen molar-refractivity contribution in [3.63, 3.8) is 0 Å². The highest BCUT2D eigenvalue weighted by Crippen LogP contribution is 2.41. The van der Waals surface area contributed by atoms with Gasteiger partial charge in [-0.25, -0.2) is 0 Å². The van der Waals surface area contributed by atoms with Gasteiger partial charge < -0.3 is 15.2 Å². The molecule has 0 saturated carbocycles. The maximum absolute atomic E-state index is 5.97. The zero-order chi connectivity index (χ0) is 13.3. The molecule has 2 atom stereocenters. The maximum Gasteiger partial charge on any atom is 0.0947 e. The smallest absolute Gasteiger partial charge is 0.0947 e. The van der Waals surface area contributed by atoms with E-state index < -0.39 is 0 Å². The molecule has 1 aromatic rings. The Balaban J connectivity index is 1.69. The summed E-state index contributed by atoms with van der Waals surface area (Å²) < 4.78 is 12.6. The van der Waals surface area contributed by atoms with E-state index in [-0.39, 0.29) is 5.60 Å². The van der Waals surface area contributed by atoms with E-state index in [1.54, 1.807) is 0 Å². The molecule has 0 aliphatic carbocycles. The lowest BCUT2D eigenvalue weighted by atomic mass is 9.93. The zero-order valence-corrected chi connectivity index (χ0v) is 13.1. The second kappa shape index (κ2) is 5.64. The average Bonchev–Trinajstić information content (AvgIpc) is 2.81. The summed E-state index contributed by atoms with van der Waals surface area (Å²) in [5.74, 6) is 0. The van der Waals surface area contributed by atoms with Gasteiger partial charge in [0.25, 0.3) is 0 Å². The van der Waals surface area contributed by atoms with Gasteiger partial charge >= 0.3 is 0 Å². The van der Waals surface area contributed by atoms with E-state index in [1.807, 2.05) is 23.9 Å². The Morgan fingerprint density at radius 3 is 3.00 bits per heavy atom. The molecule has 1 aromatic carbocycles. The molecule has 2 heterocycles. The summed E-state index contributed by atoms with van der Waals surface area (Å²) in [5.41, 5.74) is 6.56. The molecule has 0 aromatic heterocycles. The van der Waals surface area contributed by atoms with Crippen molar-refractivity contribution in [2.24, 2.45) is 0 Å². The van der Waals surface area contributed by atoms with Gasteiger partial charge in [-0.2, -0.15) is 0 Å². The third kappa shape index (κ3) is 3.10. The second-order valence-corrected chi connectivity index (χ2v) is 7.45. The Hall–Kier alpha value is -0.230. The van der Waals surface area contributed by atoms with Crippen LogP contribution in [0.1, 0.15) is 19.3 Å². The second-order valence-electron chi connectivity index (χ2n) is 5.26. The van der Waals surface area contributed by atoms with Crippen molar-refractivity contribution in [2.45, 2.75) is 35.0 Å². The van der Waals surface area contributed by atoms with Crippen LogP contribution in [0.2, 0.25) is 0 Å². The minimum absolute atomic E-state index is 0.0177. The van der Waals surface area contributed by atoms with Crippen molar-refractivity contribution in [3.05, 3.63) is 22.7 Å². The summed E-state index contributed by atoms with van der Waals surface area (Å²) in [6, 6.07) is 6.02. The number of benzene rings is 1. The van der Waals surface area contributed by atoms with Crippen LogP contribution in [0.5, 0.6) is 0 Å². The van der Waals surface area contributed by atoms with E-state index in [1.165, 1.54) is 4.90 Å². The van der Waals surface area contributed by atoms with Gasteiger partial charge in [0, 0.05) is 39.9 Å². The number of nitrogen functional groups attached to an aromatic ring is 1. The minimum Gasteiger partial charge on any atom is -0.399 e. The Morgan fingerprint density at radius 2 is 2.26 bits per heavy atom. The first-order chi connectivity index (χ1) is 9.17. The van der Waals surface area contributed by atoms with E-state index in [9.17, 15) is 0 Å². The highest BCUT2D eigenvalue weighted by Gasteiger charge is 2.41. The van der Waals surface area contributed by atoms with Gasteiger partial charge in [-0.05, 0) is 47.0 Å². The van der Waals surface area contributed by atoms with E-state index in [2.05, 4.69) is 22.0 Å². The number of hydrogen-bond donors (Lipinski definition) is 1. The highest BCUT2D eigenvalue weighted by atomic mass is 79.9. The molecule has 2 aliphatic rings. The summed E-state index contributed by atoms with van der Waals surface area (Å²) in [6.07, 6.45) is 3.21. The van der Waals surface area contributed by atoms with Crippen LogP contribution >= 0.6 is 27.7 Å². The fourth-order valence-corrected chi connectivity index (χ4v) is 4.69. The van der Waals surface area contributed by atoms with Crippen LogP contribution in [0.3, 0.4) is 0 Å². The van der Waals surface area contributed by atoms with Crippen LogP contribution < -0.4 is 5.73 Å². The monoisotopic (exact) mass is 343 g/mol. The quantitative estimate of drug-likeness (QED) is 0.835. The molecule has 2 unspecified atom stereocenters. The van der Waals surface area contributed by atoms with Gasteiger partial charge in [-0.3, -0.25) is 0 Å². The molecule has 3 nitrogen and oxygen atoms in total. The standard InChI is InChI=1S/C14H18BrNO2S/c15-12-7-10(16)1-2-13(12)19-11-3-5-18-14(8-11)4-6-17-9-14/h1-2,7,11H,3-6,8-9,16H2. The van der Waals surface area contributed by atoms with Crippen LogP contribution in [0, 0.1) is 0 Å². The predicted molar refractivity (Wildman–Crippen MR) is 81.6 cm³/mol. The number of thioether (sulfide) groups is 1. The molecule has 2 fully saturated rings. The Kier molecular flexibility index (Phi) is 4.08. The van der Waals surface area contributed by atoms with Crippen LogP contribution in [-0.2, 0) is 9.47 Å². The van der Waals surface area contributed by atoms with Crippen molar-refractivity contribution in [3.8, 4) is 0 Å². The molecule has 2 saturated heterocycles. The van der Waals surface area contributed by atoms with Crippen molar-refractivity contribution >= 4 is 33.4 Å². The topological polar surface area (TPSA) is 44.5 Å². The van der Waals surface area contributed by atoms with Crippen LogP contribution in [0.15, 0.2) is 27.6 Å². The molecule has 5 heteroatoms. The maximum atomic E-state index is 5.97. The molecule has 104 valence electrons. The van der Waals surface area contributed by atoms with Gasteiger partial charge in [0.15, 0.2) is 0 Å². The molecule has 2 N–H and O–H groups in total. The van der Waals surface area contributed by atoms with Gasteiger partial charge in [0.2, 0.25) is 0 Å². The normalized spacial score (nSPS) is 30.9. The SMILES string of the molecule is Nc1ccc(SC2CCOC3(CCOC3)C2)c(Br)c1. The highest BCUT2D eigenvalue weighted by molar-refractivity contribution is 9.10. The number of rotatable bonds is 2. The lowest BCUT2D eigenvalue weighted by Crippen LogP contribution is -2.41. The summed E-state index contributed by atoms with van der Waals surface area (Å²) in [6.45, 7) is 2.43. The summed E-state index contributed by atoms with van der Waals surface area (Å²) >= 11 is 5.51. The van der Waals surface area contributed by atoms with Crippen molar-refractivity contribution < 1.29 is 9.47 Å². The minimum atomic E-state index is -0.0177. The number of ether oxygens (including phenoxy) is 2. The summed E-state index contributed by atoms with van der Waals surface area (Å²) in [7, 11) is 0. The molecular formula is C14H18BrNO2S. The first kappa shape index (κ1) is 13.7. The van der Waals surface area contributed by atoms with Gasteiger partial charge in [0.05, 0.1) is 12.2 Å². The van der Waals surface area contributed by atoms with Gasteiger partial charge in [-0.1, -0.05) is 0 Å². The van der Waals surface area contributed by atoms with Gasteiger partial charge in [0.1, 0.15) is 0 Å². The molecule has 19 heavy (non-hydrogen) atoms. The fourth-order valence-electron chi connectivity index (χ4n) is 2.74. The molecule has 0 radical (unpaired) electrons. The van der Waals surface area contributed by atoms with E-state index >= 15 is 0 Å². The zero-order valence-electron chi connectivity index (χ0n) is 10.7. The van der Waals surface area contributed by atoms with Crippen molar-refractivity contribution in [1.82, 2.24) is 0 Å². The van der Waals surface area contributed by atoms with Gasteiger partial charge in [-0.15, -0.1) is 11.8 Å². The average molecular weight is 344 g/mol. The summed E-state index contributed by atoms with van der Waals surface area (Å²) in [5, 5.41) is 0.593. The van der Waals surface area contributed by atoms with Crippen molar-refractivity contribution in [1.29, 1.82) is 0 Å². The number of halogens is 1. The molecular weight excluding hydrogens is 326 g/mol.